The molecular formula is C28H29NO5. The van der Waals surface area contributed by atoms with E-state index in [1.165, 1.54) is 0 Å². The summed E-state index contributed by atoms with van der Waals surface area (Å²) in [5.74, 6) is 0.300. The van der Waals surface area contributed by atoms with Crippen molar-refractivity contribution in [2.24, 2.45) is 5.92 Å². The summed E-state index contributed by atoms with van der Waals surface area (Å²) in [7, 11) is 0. The van der Waals surface area contributed by atoms with Crippen LogP contribution in [0.5, 0.6) is 5.75 Å². The minimum atomic E-state index is -0.544. The number of rotatable bonds is 6. The van der Waals surface area contributed by atoms with Crippen molar-refractivity contribution in [3.8, 4) is 5.75 Å². The quantitative estimate of drug-likeness (QED) is 0.365. The normalized spacial score (nSPS) is 19.6. The van der Waals surface area contributed by atoms with E-state index in [-0.39, 0.29) is 36.5 Å². The maximum Gasteiger partial charge on any atom is 0.343 e. The molecule has 6 nitrogen and oxygen atoms in total. The van der Waals surface area contributed by atoms with Crippen LogP contribution in [0.3, 0.4) is 0 Å². The van der Waals surface area contributed by atoms with Gasteiger partial charge in [-0.25, -0.2) is 4.79 Å². The zero-order chi connectivity index (χ0) is 23.8. The molecule has 2 aliphatic heterocycles. The van der Waals surface area contributed by atoms with Crippen molar-refractivity contribution in [1.29, 1.82) is 0 Å². The van der Waals surface area contributed by atoms with Gasteiger partial charge in [0.05, 0.1) is 18.9 Å². The molecule has 0 N–H and O–H groups in total. The summed E-state index contributed by atoms with van der Waals surface area (Å²) in [4.78, 5) is 27.6. The van der Waals surface area contributed by atoms with Crippen LogP contribution in [0.2, 0.25) is 0 Å². The molecule has 34 heavy (non-hydrogen) atoms. The highest BCUT2D eigenvalue weighted by atomic mass is 16.5. The topological polar surface area (TPSA) is 69.0 Å². The smallest absolute Gasteiger partial charge is 0.343 e. The molecule has 2 aliphatic rings. The van der Waals surface area contributed by atoms with Gasteiger partial charge in [-0.1, -0.05) is 44.2 Å². The van der Waals surface area contributed by atoms with Crippen LogP contribution in [0, 0.1) is 5.92 Å². The van der Waals surface area contributed by atoms with Crippen molar-refractivity contribution < 1.29 is 23.5 Å². The fourth-order valence-electron chi connectivity index (χ4n) is 5.16. The molecule has 0 aliphatic carbocycles. The molecule has 5 rings (SSSR count). The van der Waals surface area contributed by atoms with Gasteiger partial charge >= 0.3 is 5.97 Å². The summed E-state index contributed by atoms with van der Waals surface area (Å²) < 4.78 is 17.2. The molecule has 0 fully saturated rings. The lowest BCUT2D eigenvalue weighted by Gasteiger charge is -2.47. The third-order valence-electron chi connectivity index (χ3n) is 6.79. The number of hydrogen-bond donors (Lipinski definition) is 0. The van der Waals surface area contributed by atoms with Crippen LogP contribution in [-0.2, 0) is 27.4 Å². The molecule has 2 aromatic carbocycles. The molecule has 0 radical (unpaired) electrons. The average Bonchev–Trinajstić information content (AvgIpc) is 3.32. The van der Waals surface area contributed by atoms with E-state index in [1.54, 1.807) is 19.4 Å². The maximum absolute atomic E-state index is 13.0. The number of carbonyl (C=O) groups excluding carboxylic acids is 2. The summed E-state index contributed by atoms with van der Waals surface area (Å²) in [6, 6.07) is 14.0. The number of ketones is 1. The van der Waals surface area contributed by atoms with Gasteiger partial charge in [-0.05, 0) is 48.1 Å². The molecule has 0 saturated heterocycles. The van der Waals surface area contributed by atoms with E-state index in [0.717, 1.165) is 28.5 Å². The van der Waals surface area contributed by atoms with Gasteiger partial charge in [0.15, 0.2) is 17.1 Å². The second kappa shape index (κ2) is 9.01. The van der Waals surface area contributed by atoms with Crippen molar-refractivity contribution in [2.75, 3.05) is 6.61 Å². The minimum Gasteiger partial charge on any atom is -0.485 e. The van der Waals surface area contributed by atoms with Gasteiger partial charge in [-0.3, -0.25) is 4.79 Å². The highest BCUT2D eigenvalue weighted by Crippen LogP contribution is 2.47. The van der Waals surface area contributed by atoms with Crippen LogP contribution in [0.4, 0.5) is 0 Å². The van der Waals surface area contributed by atoms with Crippen molar-refractivity contribution in [3.63, 3.8) is 0 Å². The van der Waals surface area contributed by atoms with E-state index in [0.29, 0.717) is 23.9 Å². The van der Waals surface area contributed by atoms with Crippen molar-refractivity contribution in [1.82, 2.24) is 4.90 Å². The first kappa shape index (κ1) is 22.3. The number of fused-ring (bicyclic) bond motifs is 5. The maximum atomic E-state index is 13.0. The van der Waals surface area contributed by atoms with Gasteiger partial charge in [0.1, 0.15) is 12.2 Å². The summed E-state index contributed by atoms with van der Waals surface area (Å²) in [5.41, 5.74) is 4.15. The molecule has 1 aromatic heterocycles. The number of Topliss-reactive ketones (excluding diaryl/α,β-unsaturated/α-hetero) is 1. The van der Waals surface area contributed by atoms with Gasteiger partial charge in [0.25, 0.3) is 0 Å². The number of esters is 1. The summed E-state index contributed by atoms with van der Waals surface area (Å²) in [6.07, 6.45) is 4.41. The Morgan fingerprint density at radius 3 is 2.71 bits per heavy atom. The Hall–Kier alpha value is -3.54. The van der Waals surface area contributed by atoms with Crippen LogP contribution in [0.25, 0.3) is 11.0 Å². The molecule has 2 atom stereocenters. The first-order valence-electron chi connectivity index (χ1n) is 11.9. The third kappa shape index (κ3) is 3.87. The van der Waals surface area contributed by atoms with Gasteiger partial charge in [0, 0.05) is 24.0 Å². The molecule has 3 heterocycles. The van der Waals surface area contributed by atoms with Gasteiger partial charge in [-0.2, -0.15) is 0 Å². The Kier molecular flexibility index (Phi) is 5.90. The lowest BCUT2D eigenvalue weighted by molar-refractivity contribution is -0.140. The van der Waals surface area contributed by atoms with Gasteiger partial charge in [0.2, 0.25) is 0 Å². The molecule has 0 spiro atoms. The van der Waals surface area contributed by atoms with Crippen molar-refractivity contribution >= 4 is 22.7 Å². The molecule has 3 aromatic rings. The second-order valence-electron chi connectivity index (χ2n) is 9.25. The van der Waals surface area contributed by atoms with Gasteiger partial charge < -0.3 is 18.8 Å². The van der Waals surface area contributed by atoms with Crippen LogP contribution in [0.1, 0.15) is 49.9 Å². The van der Waals surface area contributed by atoms with E-state index >= 15 is 0 Å². The van der Waals surface area contributed by atoms with Gasteiger partial charge in [-0.15, -0.1) is 0 Å². The predicted octanol–water partition coefficient (Wildman–Crippen LogP) is 5.36. The van der Waals surface area contributed by atoms with E-state index in [4.69, 9.17) is 13.9 Å². The fraction of sp³-hybridized carbons (Fsp3) is 0.357. The number of carbonyl (C=O) groups is 2. The molecule has 176 valence electrons. The molecule has 2 unspecified atom stereocenters. The third-order valence-corrected chi connectivity index (χ3v) is 6.79. The monoisotopic (exact) mass is 459 g/mol. The number of nitrogens with zero attached hydrogens (tertiary/aromatic N) is 1. The lowest BCUT2D eigenvalue weighted by atomic mass is 9.79. The molecule has 0 bridgehead atoms. The Morgan fingerprint density at radius 2 is 1.97 bits per heavy atom. The molecule has 0 saturated carbocycles. The first-order valence-corrected chi connectivity index (χ1v) is 11.9. The molecule has 0 amide bonds. The fourth-order valence-corrected chi connectivity index (χ4v) is 5.16. The van der Waals surface area contributed by atoms with Crippen LogP contribution < -0.4 is 4.74 Å². The van der Waals surface area contributed by atoms with Crippen molar-refractivity contribution in [2.45, 2.75) is 52.3 Å². The average molecular weight is 460 g/mol. The standard InChI is InChI=1S/C28H29NO5/c1-4-32-28(31)21-15-29-22(17(2)3)12-19-13-25(34-16-18-8-6-5-7-9-18)27-20(10-11-33-27)26(19)23(29)14-24(21)30/h5-11,13,15,17,22-23H,4,12,14,16H2,1-3H3. The number of furan rings is 1. The number of benzene rings is 2. The van der Waals surface area contributed by atoms with Crippen molar-refractivity contribution in [3.05, 3.63) is 77.2 Å². The minimum absolute atomic E-state index is 0.137. The highest BCUT2D eigenvalue weighted by Gasteiger charge is 2.42. The Labute approximate surface area is 199 Å². The Bertz CT molecular complexity index is 1260. The van der Waals surface area contributed by atoms with Crippen LogP contribution in [0.15, 0.2) is 64.9 Å². The highest BCUT2D eigenvalue weighted by molar-refractivity contribution is 6.18. The second-order valence-corrected chi connectivity index (χ2v) is 9.25. The zero-order valence-electron chi connectivity index (χ0n) is 19.7. The SMILES string of the molecule is CCOC(=O)C1=CN2C(CC1=O)c1c(cc(OCc3ccccc3)c3occc13)CC2C(C)C. The van der Waals surface area contributed by atoms with Crippen LogP contribution in [-0.4, -0.2) is 29.3 Å². The van der Waals surface area contributed by atoms with E-state index in [1.807, 2.05) is 36.4 Å². The molecular weight excluding hydrogens is 430 g/mol. The zero-order valence-corrected chi connectivity index (χ0v) is 19.7. The predicted molar refractivity (Wildman–Crippen MR) is 128 cm³/mol. The lowest BCUT2D eigenvalue weighted by Crippen LogP contribution is -2.47. The summed E-state index contributed by atoms with van der Waals surface area (Å²) in [5, 5.41) is 0.957. The number of ether oxygens (including phenoxy) is 2. The van der Waals surface area contributed by atoms with E-state index < -0.39 is 5.97 Å². The Morgan fingerprint density at radius 1 is 1.18 bits per heavy atom. The Balaban J connectivity index is 1.57. The van der Waals surface area contributed by atoms with Crippen LogP contribution >= 0.6 is 0 Å². The first-order chi connectivity index (χ1) is 16.5. The van der Waals surface area contributed by atoms with E-state index in [2.05, 4.69) is 24.8 Å². The largest absolute Gasteiger partial charge is 0.485 e. The summed E-state index contributed by atoms with van der Waals surface area (Å²) >= 11 is 0. The van der Waals surface area contributed by atoms with E-state index in [9.17, 15) is 9.59 Å². The summed E-state index contributed by atoms with van der Waals surface area (Å²) in [6.45, 7) is 6.78. The molecule has 6 heteroatoms. The number of hydrogen-bond acceptors (Lipinski definition) is 6.